The Kier molecular flexibility index (Phi) is 8.63. The maximum atomic E-state index is 13.2. The van der Waals surface area contributed by atoms with Crippen molar-refractivity contribution in [1.82, 2.24) is 5.01 Å². The normalized spacial score (nSPS) is 15.1. The molecular weight excluding hydrogens is 527 g/mol. The van der Waals surface area contributed by atoms with Crippen molar-refractivity contribution in [3.63, 3.8) is 0 Å². The van der Waals surface area contributed by atoms with Crippen molar-refractivity contribution >= 4 is 29.1 Å². The lowest BCUT2D eigenvalue weighted by atomic mass is 9.98. The number of rotatable bonds is 9. The van der Waals surface area contributed by atoms with Crippen LogP contribution in [0, 0.1) is 0 Å². The van der Waals surface area contributed by atoms with E-state index in [9.17, 15) is 27.6 Å². The summed E-state index contributed by atoms with van der Waals surface area (Å²) in [7, 11) is 1.55. The Bertz CT molecular complexity index is 1440. The number of ketones is 1. The van der Waals surface area contributed by atoms with E-state index >= 15 is 0 Å². The monoisotopic (exact) mass is 551 g/mol. The van der Waals surface area contributed by atoms with Crippen LogP contribution in [0.5, 0.6) is 5.75 Å². The number of hydrazone groups is 1. The molecule has 1 N–H and O–H groups in total. The molecule has 0 radical (unpaired) electrons. The maximum absolute atomic E-state index is 13.2. The number of anilines is 1. The number of hydrogen-bond donors (Lipinski definition) is 1. The van der Waals surface area contributed by atoms with Crippen LogP contribution in [0.1, 0.15) is 33.9 Å². The number of allylic oxidation sites excluding steroid dienone is 1. The number of ether oxygens (including phenoxy) is 2. The second-order valence-electron chi connectivity index (χ2n) is 8.61. The number of nitrogens with zero attached hydrogens (tertiary/aromatic N) is 2. The summed E-state index contributed by atoms with van der Waals surface area (Å²) in [5, 5.41) is 8.29. The highest BCUT2D eigenvalue weighted by atomic mass is 19.4. The second-order valence-corrected chi connectivity index (χ2v) is 8.61. The zero-order valence-electron chi connectivity index (χ0n) is 21.2. The number of benzene rings is 3. The SMILES string of the molecule is COc1ccc([C@@H]2CC(c3ccccc3)=NN2C(=O)COC(=O)c2ccccc2N/C=C/C(=O)C(F)(F)F)cc1. The molecule has 1 amide bonds. The predicted molar refractivity (Wildman–Crippen MR) is 141 cm³/mol. The minimum absolute atomic E-state index is 0.0407. The van der Waals surface area contributed by atoms with Gasteiger partial charge in [0.2, 0.25) is 0 Å². The fourth-order valence-corrected chi connectivity index (χ4v) is 3.99. The van der Waals surface area contributed by atoms with Crippen molar-refractivity contribution in [3.8, 4) is 5.75 Å². The Morgan fingerprint density at radius 3 is 2.35 bits per heavy atom. The van der Waals surface area contributed by atoms with Crippen LogP contribution in [0.2, 0.25) is 0 Å². The molecule has 4 rings (SSSR count). The molecule has 0 saturated carbocycles. The minimum atomic E-state index is -5.01. The van der Waals surface area contributed by atoms with Crippen LogP contribution in [-0.4, -0.2) is 48.3 Å². The van der Waals surface area contributed by atoms with E-state index in [1.807, 2.05) is 42.5 Å². The maximum Gasteiger partial charge on any atom is 0.454 e. The van der Waals surface area contributed by atoms with Gasteiger partial charge in [0.1, 0.15) is 5.75 Å². The summed E-state index contributed by atoms with van der Waals surface area (Å²) >= 11 is 0. The van der Waals surface area contributed by atoms with Crippen molar-refractivity contribution < 1.29 is 37.0 Å². The number of carbonyl (C=O) groups is 3. The summed E-state index contributed by atoms with van der Waals surface area (Å²) in [6.07, 6.45) is -3.50. The molecule has 1 aliphatic rings. The lowest BCUT2D eigenvalue weighted by molar-refractivity contribution is -0.165. The molecule has 0 unspecified atom stereocenters. The molecule has 8 nitrogen and oxygen atoms in total. The second kappa shape index (κ2) is 12.3. The van der Waals surface area contributed by atoms with Crippen molar-refractivity contribution in [2.45, 2.75) is 18.6 Å². The minimum Gasteiger partial charge on any atom is -0.497 e. The third-order valence-corrected chi connectivity index (χ3v) is 6.00. The van der Waals surface area contributed by atoms with Crippen LogP contribution in [0.4, 0.5) is 18.9 Å². The molecule has 0 aliphatic carbocycles. The molecule has 1 heterocycles. The first-order chi connectivity index (χ1) is 19.2. The summed E-state index contributed by atoms with van der Waals surface area (Å²) in [4.78, 5) is 37.1. The van der Waals surface area contributed by atoms with E-state index in [2.05, 4.69) is 10.4 Å². The Labute approximate surface area is 227 Å². The van der Waals surface area contributed by atoms with Crippen LogP contribution in [0.25, 0.3) is 0 Å². The van der Waals surface area contributed by atoms with Gasteiger partial charge in [-0.3, -0.25) is 9.59 Å². The lowest BCUT2D eigenvalue weighted by Crippen LogP contribution is -2.31. The predicted octanol–water partition coefficient (Wildman–Crippen LogP) is 5.29. The highest BCUT2D eigenvalue weighted by Crippen LogP contribution is 2.33. The average molecular weight is 552 g/mol. The zero-order chi connectivity index (χ0) is 28.7. The molecule has 206 valence electrons. The number of amides is 1. The van der Waals surface area contributed by atoms with Crippen molar-refractivity contribution in [1.29, 1.82) is 0 Å². The van der Waals surface area contributed by atoms with Gasteiger partial charge in [-0.15, -0.1) is 0 Å². The van der Waals surface area contributed by atoms with Gasteiger partial charge < -0.3 is 14.8 Å². The first-order valence-corrected chi connectivity index (χ1v) is 12.1. The van der Waals surface area contributed by atoms with Crippen molar-refractivity contribution in [2.24, 2.45) is 5.10 Å². The number of esters is 1. The number of alkyl halides is 3. The highest BCUT2D eigenvalue weighted by molar-refractivity contribution is 6.03. The fourth-order valence-electron chi connectivity index (χ4n) is 3.99. The van der Waals surface area contributed by atoms with E-state index in [1.54, 1.807) is 19.2 Å². The molecule has 1 aliphatic heterocycles. The lowest BCUT2D eigenvalue weighted by Gasteiger charge is -2.22. The van der Waals surface area contributed by atoms with Gasteiger partial charge in [0.05, 0.1) is 30.1 Å². The van der Waals surface area contributed by atoms with Crippen LogP contribution < -0.4 is 10.1 Å². The van der Waals surface area contributed by atoms with E-state index in [4.69, 9.17) is 9.47 Å². The van der Waals surface area contributed by atoms with Crippen LogP contribution in [0.15, 0.2) is 96.2 Å². The molecule has 1 atom stereocenters. The third-order valence-electron chi connectivity index (χ3n) is 6.00. The van der Waals surface area contributed by atoms with Gasteiger partial charge in [-0.05, 0) is 35.4 Å². The first-order valence-electron chi connectivity index (χ1n) is 12.1. The largest absolute Gasteiger partial charge is 0.497 e. The molecular formula is C29H24F3N3O5. The topological polar surface area (TPSA) is 97.3 Å². The molecule has 0 saturated heterocycles. The number of halogens is 3. The average Bonchev–Trinajstić information content (AvgIpc) is 3.42. The molecule has 3 aromatic rings. The van der Waals surface area contributed by atoms with Crippen molar-refractivity contribution in [2.75, 3.05) is 19.0 Å². The van der Waals surface area contributed by atoms with Gasteiger partial charge in [-0.25, -0.2) is 9.80 Å². The van der Waals surface area contributed by atoms with E-state index in [1.165, 1.54) is 29.3 Å². The van der Waals surface area contributed by atoms with Gasteiger partial charge in [-0.1, -0.05) is 54.6 Å². The summed E-state index contributed by atoms with van der Waals surface area (Å²) in [5.74, 6) is -2.86. The van der Waals surface area contributed by atoms with E-state index in [0.29, 0.717) is 24.0 Å². The number of nitrogens with one attached hydrogen (secondary N) is 1. The Morgan fingerprint density at radius 1 is 1.00 bits per heavy atom. The quantitative estimate of drug-likeness (QED) is 0.287. The van der Waals surface area contributed by atoms with Gasteiger partial charge in [-0.2, -0.15) is 18.3 Å². The summed E-state index contributed by atoms with van der Waals surface area (Å²) in [6.45, 7) is -0.631. The third kappa shape index (κ3) is 6.73. The van der Waals surface area contributed by atoms with Gasteiger partial charge >= 0.3 is 12.1 Å². The summed E-state index contributed by atoms with van der Waals surface area (Å²) in [5.41, 5.74) is 2.40. The van der Waals surface area contributed by atoms with E-state index < -0.39 is 36.5 Å². The molecule has 0 bridgehead atoms. The van der Waals surface area contributed by atoms with E-state index in [-0.39, 0.29) is 11.3 Å². The van der Waals surface area contributed by atoms with E-state index in [0.717, 1.165) is 17.3 Å². The Hall–Kier alpha value is -4.93. The van der Waals surface area contributed by atoms with Gasteiger partial charge in [0.15, 0.2) is 6.61 Å². The summed E-state index contributed by atoms with van der Waals surface area (Å²) < 4.78 is 47.7. The van der Waals surface area contributed by atoms with Gasteiger partial charge in [0.25, 0.3) is 11.7 Å². The van der Waals surface area contributed by atoms with Gasteiger partial charge in [0, 0.05) is 18.7 Å². The van der Waals surface area contributed by atoms with Crippen LogP contribution in [-0.2, 0) is 14.3 Å². The Morgan fingerprint density at radius 2 is 1.68 bits per heavy atom. The molecule has 0 fully saturated rings. The highest BCUT2D eigenvalue weighted by Gasteiger charge is 2.36. The van der Waals surface area contributed by atoms with Crippen LogP contribution >= 0.6 is 0 Å². The van der Waals surface area contributed by atoms with Crippen molar-refractivity contribution in [3.05, 3.63) is 108 Å². The fraction of sp³-hybridized carbons (Fsp3) is 0.172. The number of methoxy groups -OCH3 is 1. The zero-order valence-corrected chi connectivity index (χ0v) is 21.2. The molecule has 0 aromatic heterocycles. The standard InChI is InChI=1S/C29H24F3N3O5/c1-39-21-13-11-20(12-14-21)25-17-24(19-7-3-2-4-8-19)34-35(25)27(37)18-40-28(38)22-9-5-6-10-23(22)33-16-15-26(36)29(30,31)32/h2-16,25,33H,17-18H2,1H3/b16-15+/t25-/m0/s1. The smallest absolute Gasteiger partial charge is 0.454 e. The first kappa shape index (κ1) is 28.1. The number of para-hydroxylation sites is 1. The molecule has 3 aromatic carbocycles. The number of hydrogen-bond acceptors (Lipinski definition) is 7. The molecule has 0 spiro atoms. The summed E-state index contributed by atoms with van der Waals surface area (Å²) in [6, 6.07) is 22.0. The Balaban J connectivity index is 1.48. The van der Waals surface area contributed by atoms with Crippen LogP contribution in [0.3, 0.4) is 0 Å². The molecule has 11 heteroatoms. The molecule has 40 heavy (non-hydrogen) atoms. The number of carbonyl (C=O) groups excluding carboxylic acids is 3.